The first-order valence-electron chi connectivity index (χ1n) is 8.03. The third kappa shape index (κ3) is 5.83. The number of hydrogen-bond donors (Lipinski definition) is 0. The monoisotopic (exact) mass is 407 g/mol. The van der Waals surface area contributed by atoms with Crippen molar-refractivity contribution in [3.05, 3.63) is 63.7 Å². The minimum atomic E-state index is -3.20. The Labute approximate surface area is 163 Å². The van der Waals surface area contributed by atoms with Gasteiger partial charge < -0.3 is 14.2 Å². The van der Waals surface area contributed by atoms with Crippen LogP contribution in [0.25, 0.3) is 6.08 Å². The second kappa shape index (κ2) is 9.40. The maximum absolute atomic E-state index is 12.5. The predicted molar refractivity (Wildman–Crippen MR) is 97.4 cm³/mol. The van der Waals surface area contributed by atoms with Crippen LogP contribution in [-0.4, -0.2) is 30.4 Å². The molecule has 0 amide bonds. The number of nitro groups is 1. The van der Waals surface area contributed by atoms with Crippen LogP contribution in [0.15, 0.2) is 42.5 Å². The number of benzene rings is 2. The van der Waals surface area contributed by atoms with E-state index in [1.807, 2.05) is 0 Å². The Morgan fingerprint density at radius 3 is 2.31 bits per heavy atom. The molecule has 0 aliphatic heterocycles. The van der Waals surface area contributed by atoms with E-state index in [-0.39, 0.29) is 22.8 Å². The lowest BCUT2D eigenvalue weighted by Gasteiger charge is -2.10. The van der Waals surface area contributed by atoms with Crippen molar-refractivity contribution in [3.63, 3.8) is 0 Å². The van der Waals surface area contributed by atoms with Crippen LogP contribution >= 0.6 is 0 Å². The van der Waals surface area contributed by atoms with E-state index < -0.39 is 28.9 Å². The molecule has 29 heavy (non-hydrogen) atoms. The Balaban J connectivity index is 2.24. The molecule has 0 N–H and O–H groups in total. The van der Waals surface area contributed by atoms with Crippen molar-refractivity contribution in [1.29, 1.82) is 0 Å². The number of esters is 1. The van der Waals surface area contributed by atoms with E-state index in [1.165, 1.54) is 38.3 Å². The number of ether oxygens (including phenoxy) is 3. The van der Waals surface area contributed by atoms with Gasteiger partial charge in [-0.3, -0.25) is 14.9 Å². The zero-order valence-electron chi connectivity index (χ0n) is 15.3. The van der Waals surface area contributed by atoms with Gasteiger partial charge in [-0.25, -0.2) is 4.79 Å². The molecule has 0 saturated carbocycles. The summed E-state index contributed by atoms with van der Waals surface area (Å²) < 4.78 is 39.1. The molecule has 0 unspecified atom stereocenters. The number of nitrogens with zero attached hydrogens (tertiary/aromatic N) is 1. The quantitative estimate of drug-likeness (QED) is 0.162. The topological polar surface area (TPSA) is 105 Å². The average Bonchev–Trinajstić information content (AvgIpc) is 2.66. The second-order valence-electron chi connectivity index (χ2n) is 5.53. The Kier molecular flexibility index (Phi) is 6.96. The molecule has 2 aromatic carbocycles. The predicted octanol–water partition coefficient (Wildman–Crippen LogP) is 4.03. The number of alkyl halides is 2. The summed E-state index contributed by atoms with van der Waals surface area (Å²) in [5.41, 5.74) is -0.220. The Hall–Kier alpha value is -3.82. The summed E-state index contributed by atoms with van der Waals surface area (Å²) in [5, 5.41) is 11.2. The van der Waals surface area contributed by atoms with Gasteiger partial charge in [0.25, 0.3) is 5.69 Å². The lowest BCUT2D eigenvalue weighted by atomic mass is 10.1. The van der Waals surface area contributed by atoms with Crippen LogP contribution in [0.1, 0.15) is 22.8 Å². The first kappa shape index (κ1) is 21.5. The van der Waals surface area contributed by atoms with Gasteiger partial charge in [-0.15, -0.1) is 0 Å². The van der Waals surface area contributed by atoms with Crippen LogP contribution < -0.4 is 14.2 Å². The first-order valence-corrected chi connectivity index (χ1v) is 8.03. The van der Waals surface area contributed by atoms with E-state index >= 15 is 0 Å². The molecule has 0 aliphatic rings. The van der Waals surface area contributed by atoms with Crippen molar-refractivity contribution in [2.45, 2.75) is 13.5 Å². The van der Waals surface area contributed by atoms with Gasteiger partial charge in [0.2, 0.25) is 0 Å². The molecule has 152 valence electrons. The van der Waals surface area contributed by atoms with Gasteiger partial charge in [-0.2, -0.15) is 8.78 Å². The molecule has 0 saturated heterocycles. The Morgan fingerprint density at radius 2 is 1.79 bits per heavy atom. The van der Waals surface area contributed by atoms with E-state index in [0.717, 1.165) is 24.3 Å². The number of nitro benzene ring substituents is 1. The van der Waals surface area contributed by atoms with Crippen molar-refractivity contribution in [3.8, 4) is 17.2 Å². The molecular weight excluding hydrogens is 392 g/mol. The smallest absolute Gasteiger partial charge is 0.387 e. The second-order valence-corrected chi connectivity index (χ2v) is 5.53. The van der Waals surface area contributed by atoms with Crippen molar-refractivity contribution in [1.82, 2.24) is 0 Å². The van der Waals surface area contributed by atoms with E-state index in [4.69, 9.17) is 9.47 Å². The number of carbonyl (C=O) groups excluding carboxylic acids is 2. The molecule has 8 nitrogen and oxygen atoms in total. The van der Waals surface area contributed by atoms with Crippen LogP contribution in [0, 0.1) is 10.1 Å². The van der Waals surface area contributed by atoms with Crippen molar-refractivity contribution in [2.75, 3.05) is 7.11 Å². The van der Waals surface area contributed by atoms with Gasteiger partial charge in [0.15, 0.2) is 17.3 Å². The lowest BCUT2D eigenvalue weighted by Crippen LogP contribution is -2.06. The zero-order chi connectivity index (χ0) is 21.6. The Bertz CT molecular complexity index is 956. The van der Waals surface area contributed by atoms with Crippen LogP contribution in [0.3, 0.4) is 0 Å². The summed E-state index contributed by atoms with van der Waals surface area (Å²) in [7, 11) is 1.17. The van der Waals surface area contributed by atoms with Crippen LogP contribution in [-0.2, 0) is 4.79 Å². The molecule has 0 heterocycles. The third-order valence-corrected chi connectivity index (χ3v) is 3.60. The van der Waals surface area contributed by atoms with Gasteiger partial charge in [0.05, 0.1) is 23.7 Å². The normalized spacial score (nSPS) is 10.8. The van der Waals surface area contributed by atoms with Gasteiger partial charge in [-0.05, 0) is 43.3 Å². The molecule has 2 rings (SSSR count). The molecule has 0 atom stereocenters. The number of rotatable bonds is 8. The summed E-state index contributed by atoms with van der Waals surface area (Å²) in [6.07, 6.45) is 2.01. The fraction of sp³-hybridized carbons (Fsp3) is 0.158. The van der Waals surface area contributed by atoms with Crippen LogP contribution in [0.4, 0.5) is 14.5 Å². The van der Waals surface area contributed by atoms with E-state index in [2.05, 4.69) is 4.74 Å². The first-order chi connectivity index (χ1) is 13.7. The van der Waals surface area contributed by atoms with Crippen LogP contribution in [0.5, 0.6) is 17.2 Å². The molecule has 10 heteroatoms. The summed E-state index contributed by atoms with van der Waals surface area (Å²) >= 11 is 0. The van der Waals surface area contributed by atoms with Crippen molar-refractivity contribution < 1.29 is 37.5 Å². The van der Waals surface area contributed by atoms with Gasteiger partial charge in [0.1, 0.15) is 5.75 Å². The lowest BCUT2D eigenvalue weighted by molar-refractivity contribution is -0.385. The minimum Gasteiger partial charge on any atom is -0.493 e. The number of halogens is 2. The highest BCUT2D eigenvalue weighted by atomic mass is 19.3. The number of hydrogen-bond acceptors (Lipinski definition) is 7. The number of methoxy groups -OCH3 is 1. The number of ketones is 1. The maximum atomic E-state index is 12.5. The van der Waals surface area contributed by atoms with Crippen molar-refractivity contribution >= 4 is 23.5 Å². The highest BCUT2D eigenvalue weighted by Crippen LogP contribution is 2.36. The fourth-order valence-electron chi connectivity index (χ4n) is 2.27. The molecule has 0 radical (unpaired) electrons. The number of carbonyl (C=O) groups is 2. The third-order valence-electron chi connectivity index (χ3n) is 3.60. The van der Waals surface area contributed by atoms with E-state index in [1.54, 1.807) is 0 Å². The van der Waals surface area contributed by atoms with E-state index in [9.17, 15) is 28.5 Å². The Morgan fingerprint density at radius 1 is 1.14 bits per heavy atom. The molecular formula is C19H15F2NO7. The molecule has 0 aromatic heterocycles. The summed E-state index contributed by atoms with van der Waals surface area (Å²) in [6, 6.07) is 7.66. The van der Waals surface area contributed by atoms with Crippen molar-refractivity contribution in [2.24, 2.45) is 0 Å². The number of Topliss-reactive ketones (excluding diaryl/α,β-unsaturated/α-hetero) is 1. The maximum Gasteiger partial charge on any atom is 0.387 e. The SMILES string of the molecule is COc1cc(/C=C/C(=O)Oc2ccc(C(C)=O)cc2)c([N+](=O)[O-])cc1OC(F)F. The van der Waals surface area contributed by atoms with Gasteiger partial charge in [0, 0.05) is 11.6 Å². The molecule has 2 aromatic rings. The average molecular weight is 407 g/mol. The fourth-order valence-corrected chi connectivity index (χ4v) is 2.27. The van der Waals surface area contributed by atoms with Gasteiger partial charge >= 0.3 is 12.6 Å². The summed E-state index contributed by atoms with van der Waals surface area (Å²) in [5.74, 6) is -1.52. The minimum absolute atomic E-state index is 0.0858. The largest absolute Gasteiger partial charge is 0.493 e. The molecule has 0 bridgehead atoms. The summed E-state index contributed by atoms with van der Waals surface area (Å²) in [6.45, 7) is -1.81. The summed E-state index contributed by atoms with van der Waals surface area (Å²) in [4.78, 5) is 33.6. The van der Waals surface area contributed by atoms with Crippen LogP contribution in [0.2, 0.25) is 0 Å². The highest BCUT2D eigenvalue weighted by Gasteiger charge is 2.20. The highest BCUT2D eigenvalue weighted by molar-refractivity contribution is 5.94. The zero-order valence-corrected chi connectivity index (χ0v) is 15.3. The van der Waals surface area contributed by atoms with E-state index in [0.29, 0.717) is 5.56 Å². The molecule has 0 aliphatic carbocycles. The standard InChI is InChI=1S/C19H15F2NO7/c1-11(23)12-3-6-14(7-4-12)28-18(24)8-5-13-9-16(27-2)17(29-19(20)21)10-15(13)22(25)26/h3-10,19H,1-2H3/b8-5+. The molecule has 0 spiro atoms. The van der Waals surface area contributed by atoms with Gasteiger partial charge in [-0.1, -0.05) is 0 Å². The molecule has 0 fully saturated rings.